The van der Waals surface area contributed by atoms with Gasteiger partial charge >= 0.3 is 0 Å². The maximum Gasteiger partial charge on any atom is 0.191 e. The van der Waals surface area contributed by atoms with Crippen molar-refractivity contribution in [1.82, 2.24) is 15.5 Å². The summed E-state index contributed by atoms with van der Waals surface area (Å²) in [5.74, 6) is 0.893. The lowest BCUT2D eigenvalue weighted by Gasteiger charge is -2.20. The number of ether oxygens (including phenoxy) is 2. The summed E-state index contributed by atoms with van der Waals surface area (Å²) in [4.78, 5) is 6.84. The first kappa shape index (κ1) is 21.9. The zero-order valence-electron chi connectivity index (χ0n) is 15.1. The third-order valence-electron chi connectivity index (χ3n) is 4.50. The molecule has 2 N–H and O–H groups in total. The van der Waals surface area contributed by atoms with Gasteiger partial charge in [-0.1, -0.05) is 12.8 Å². The molecule has 0 spiro atoms. The van der Waals surface area contributed by atoms with Crippen LogP contribution in [0.4, 0.5) is 0 Å². The summed E-state index contributed by atoms with van der Waals surface area (Å²) >= 11 is 0. The Morgan fingerprint density at radius 3 is 2.58 bits per heavy atom. The Labute approximate surface area is 164 Å². The zero-order valence-corrected chi connectivity index (χ0v) is 17.4. The molecule has 2 saturated heterocycles. The second-order valence-electron chi connectivity index (χ2n) is 6.39. The van der Waals surface area contributed by atoms with Crippen LogP contribution in [-0.4, -0.2) is 76.6 Å². The van der Waals surface area contributed by atoms with E-state index in [2.05, 4.69) is 20.5 Å². The van der Waals surface area contributed by atoms with Crippen LogP contribution in [-0.2, 0) is 9.47 Å². The van der Waals surface area contributed by atoms with Gasteiger partial charge in [0.15, 0.2) is 5.96 Å². The fraction of sp³-hybridized carbons (Fsp3) is 0.941. The molecule has 6 nitrogen and oxygen atoms in total. The largest absolute Gasteiger partial charge is 0.379 e. The molecule has 2 aliphatic rings. The second-order valence-corrected chi connectivity index (χ2v) is 6.39. The molecule has 2 aliphatic heterocycles. The van der Waals surface area contributed by atoms with Gasteiger partial charge in [0.2, 0.25) is 0 Å². The van der Waals surface area contributed by atoms with Gasteiger partial charge in [-0.3, -0.25) is 4.99 Å². The third kappa shape index (κ3) is 9.39. The van der Waals surface area contributed by atoms with Crippen molar-refractivity contribution in [2.45, 2.75) is 44.6 Å². The normalized spacial score (nSPS) is 22.7. The van der Waals surface area contributed by atoms with Crippen molar-refractivity contribution < 1.29 is 9.47 Å². The van der Waals surface area contributed by atoms with E-state index in [0.29, 0.717) is 6.10 Å². The van der Waals surface area contributed by atoms with Gasteiger partial charge in [-0.2, -0.15) is 0 Å². The SMILES string of the molecule is CN=C(NCCCOC1CCOC1)NCCN1CCCCCC1.I. The van der Waals surface area contributed by atoms with Crippen molar-refractivity contribution in [1.29, 1.82) is 0 Å². The number of rotatable bonds is 8. The first-order valence-corrected chi connectivity index (χ1v) is 9.24. The van der Waals surface area contributed by atoms with Crippen molar-refractivity contribution in [2.75, 3.05) is 59.6 Å². The van der Waals surface area contributed by atoms with Crippen LogP contribution in [0.15, 0.2) is 4.99 Å². The van der Waals surface area contributed by atoms with Gasteiger partial charge in [0.1, 0.15) is 0 Å². The van der Waals surface area contributed by atoms with Crippen molar-refractivity contribution in [3.63, 3.8) is 0 Å². The molecule has 0 radical (unpaired) electrons. The van der Waals surface area contributed by atoms with E-state index in [-0.39, 0.29) is 24.0 Å². The topological polar surface area (TPSA) is 58.1 Å². The second kappa shape index (κ2) is 14.1. The van der Waals surface area contributed by atoms with E-state index in [1.54, 1.807) is 0 Å². The molecular weight excluding hydrogens is 419 g/mol. The standard InChI is InChI=1S/C17H34N4O2.HI/c1-18-17(19-8-6-13-23-16-7-14-22-15-16)20-9-12-21-10-4-2-3-5-11-21;/h16H,2-15H2,1H3,(H2,18,19,20);1H. The number of aliphatic imine (C=N–C) groups is 1. The van der Waals surface area contributed by atoms with Crippen LogP contribution >= 0.6 is 24.0 Å². The van der Waals surface area contributed by atoms with E-state index >= 15 is 0 Å². The van der Waals surface area contributed by atoms with Gasteiger partial charge in [-0.25, -0.2) is 0 Å². The molecule has 0 aromatic heterocycles. The lowest BCUT2D eigenvalue weighted by atomic mass is 10.2. The van der Waals surface area contributed by atoms with E-state index in [1.165, 1.54) is 38.8 Å². The summed E-state index contributed by atoms with van der Waals surface area (Å²) in [7, 11) is 1.83. The number of guanidine groups is 1. The maximum absolute atomic E-state index is 5.76. The van der Waals surface area contributed by atoms with Crippen LogP contribution in [0.3, 0.4) is 0 Å². The third-order valence-corrected chi connectivity index (χ3v) is 4.50. The van der Waals surface area contributed by atoms with Crippen LogP contribution in [0.1, 0.15) is 38.5 Å². The molecule has 2 fully saturated rings. The fourth-order valence-corrected chi connectivity index (χ4v) is 3.09. The van der Waals surface area contributed by atoms with Gasteiger partial charge in [-0.05, 0) is 38.8 Å². The fourth-order valence-electron chi connectivity index (χ4n) is 3.09. The lowest BCUT2D eigenvalue weighted by Crippen LogP contribution is -2.42. The highest BCUT2D eigenvalue weighted by Crippen LogP contribution is 2.09. The summed E-state index contributed by atoms with van der Waals surface area (Å²) in [6, 6.07) is 0. The number of nitrogens with zero attached hydrogens (tertiary/aromatic N) is 2. The quantitative estimate of drug-likeness (QED) is 0.254. The number of halogens is 1. The van der Waals surface area contributed by atoms with Crippen LogP contribution in [0.25, 0.3) is 0 Å². The first-order valence-electron chi connectivity index (χ1n) is 9.24. The van der Waals surface area contributed by atoms with Crippen molar-refractivity contribution >= 4 is 29.9 Å². The van der Waals surface area contributed by atoms with Gasteiger partial charge in [-0.15, -0.1) is 24.0 Å². The van der Waals surface area contributed by atoms with Crippen LogP contribution in [0, 0.1) is 0 Å². The molecule has 0 aromatic carbocycles. The number of likely N-dealkylation sites (tertiary alicyclic amines) is 1. The molecule has 24 heavy (non-hydrogen) atoms. The van der Waals surface area contributed by atoms with E-state index < -0.39 is 0 Å². The van der Waals surface area contributed by atoms with Crippen LogP contribution in [0.5, 0.6) is 0 Å². The van der Waals surface area contributed by atoms with Gasteiger partial charge in [0.25, 0.3) is 0 Å². The summed E-state index contributed by atoms with van der Waals surface area (Å²) < 4.78 is 11.1. The predicted molar refractivity (Wildman–Crippen MR) is 109 cm³/mol. The number of hydrogen-bond acceptors (Lipinski definition) is 4. The minimum absolute atomic E-state index is 0. The molecule has 1 unspecified atom stereocenters. The minimum atomic E-state index is 0. The summed E-state index contributed by atoms with van der Waals surface area (Å²) in [5, 5.41) is 6.76. The van der Waals surface area contributed by atoms with Crippen LogP contribution < -0.4 is 10.6 Å². The zero-order chi connectivity index (χ0) is 16.2. The lowest BCUT2D eigenvalue weighted by molar-refractivity contribution is 0.0420. The monoisotopic (exact) mass is 454 g/mol. The molecule has 2 rings (SSSR count). The van der Waals surface area contributed by atoms with Gasteiger partial charge < -0.3 is 25.0 Å². The molecule has 0 aliphatic carbocycles. The van der Waals surface area contributed by atoms with Crippen molar-refractivity contribution in [3.05, 3.63) is 0 Å². The summed E-state index contributed by atoms with van der Waals surface area (Å²) in [6.45, 7) is 7.82. The molecule has 0 saturated carbocycles. The number of nitrogens with one attached hydrogen (secondary N) is 2. The molecule has 7 heteroatoms. The molecule has 142 valence electrons. The van der Waals surface area contributed by atoms with E-state index in [0.717, 1.165) is 58.3 Å². The molecule has 0 bridgehead atoms. The molecule has 0 aromatic rings. The Bertz CT molecular complexity index is 331. The molecule has 2 heterocycles. The average Bonchev–Trinajstić information content (AvgIpc) is 2.95. The summed E-state index contributed by atoms with van der Waals surface area (Å²) in [5.41, 5.74) is 0. The predicted octanol–water partition coefficient (Wildman–Crippen LogP) is 1.84. The Balaban J connectivity index is 0.00000288. The molecule has 0 amide bonds. The Hall–Kier alpha value is -0.120. The molecule has 1 atom stereocenters. The van der Waals surface area contributed by atoms with E-state index in [9.17, 15) is 0 Å². The van der Waals surface area contributed by atoms with E-state index in [4.69, 9.17) is 9.47 Å². The average molecular weight is 454 g/mol. The highest BCUT2D eigenvalue weighted by molar-refractivity contribution is 14.0. The maximum atomic E-state index is 5.76. The number of hydrogen-bond donors (Lipinski definition) is 2. The molecular formula is C17H35IN4O2. The van der Waals surface area contributed by atoms with Gasteiger partial charge in [0, 0.05) is 39.9 Å². The smallest absolute Gasteiger partial charge is 0.191 e. The van der Waals surface area contributed by atoms with Crippen molar-refractivity contribution in [2.24, 2.45) is 4.99 Å². The van der Waals surface area contributed by atoms with Crippen LogP contribution in [0.2, 0.25) is 0 Å². The Morgan fingerprint density at radius 1 is 1.17 bits per heavy atom. The Morgan fingerprint density at radius 2 is 1.92 bits per heavy atom. The highest BCUT2D eigenvalue weighted by atomic mass is 127. The van der Waals surface area contributed by atoms with Crippen molar-refractivity contribution in [3.8, 4) is 0 Å². The highest BCUT2D eigenvalue weighted by Gasteiger charge is 2.15. The van der Waals surface area contributed by atoms with Gasteiger partial charge in [0.05, 0.1) is 12.7 Å². The van der Waals surface area contributed by atoms with E-state index in [1.807, 2.05) is 7.05 Å². The summed E-state index contributed by atoms with van der Waals surface area (Å²) in [6.07, 6.45) is 7.81. The Kier molecular flexibility index (Phi) is 12.9. The minimum Gasteiger partial charge on any atom is -0.379 e. The first-order chi connectivity index (χ1) is 11.4.